The fourth-order valence-electron chi connectivity index (χ4n) is 1.60. The predicted molar refractivity (Wildman–Crippen MR) is 71.1 cm³/mol. The number of carbonyl (C=O) groups is 2. The first-order valence-corrected chi connectivity index (χ1v) is 5.93. The molecule has 0 saturated carbocycles. The first kappa shape index (κ1) is 14.2. The molecule has 0 saturated heterocycles. The van der Waals surface area contributed by atoms with Crippen LogP contribution in [0.15, 0.2) is 18.2 Å². The Balaban J connectivity index is 2.94. The van der Waals surface area contributed by atoms with Gasteiger partial charge in [0.2, 0.25) is 5.91 Å². The zero-order valence-corrected chi connectivity index (χ0v) is 11.2. The normalized spacial score (nSPS) is 10.3. The lowest BCUT2D eigenvalue weighted by Gasteiger charge is -2.12. The van der Waals surface area contributed by atoms with Gasteiger partial charge in [0.05, 0.1) is 12.8 Å². The Morgan fingerprint density at radius 3 is 2.50 bits per heavy atom. The molecular formula is C14H19NO3. The van der Waals surface area contributed by atoms with Crippen LogP contribution in [-0.2, 0) is 4.79 Å². The minimum Gasteiger partial charge on any atom is -0.495 e. The van der Waals surface area contributed by atoms with Crippen molar-refractivity contribution < 1.29 is 14.3 Å². The Bertz CT molecular complexity index is 452. The van der Waals surface area contributed by atoms with Crippen molar-refractivity contribution in [3.63, 3.8) is 0 Å². The number of anilines is 1. The number of nitrogens with one attached hydrogen (secondary N) is 1. The van der Waals surface area contributed by atoms with E-state index in [1.807, 2.05) is 13.8 Å². The molecule has 1 amide bonds. The maximum Gasteiger partial charge on any atom is 0.224 e. The minimum absolute atomic E-state index is 0.0444. The molecule has 98 valence electrons. The summed E-state index contributed by atoms with van der Waals surface area (Å²) in [5.74, 6) is 0.713. The summed E-state index contributed by atoms with van der Waals surface area (Å²) >= 11 is 0. The number of amides is 1. The molecule has 0 radical (unpaired) electrons. The lowest BCUT2D eigenvalue weighted by atomic mass is 10.1. The molecule has 0 atom stereocenters. The molecule has 0 aliphatic carbocycles. The Labute approximate surface area is 107 Å². The highest BCUT2D eigenvalue weighted by molar-refractivity contribution is 5.98. The van der Waals surface area contributed by atoms with E-state index in [2.05, 4.69) is 5.32 Å². The molecule has 0 heterocycles. The Morgan fingerprint density at radius 1 is 1.33 bits per heavy atom. The van der Waals surface area contributed by atoms with Crippen LogP contribution >= 0.6 is 0 Å². The largest absolute Gasteiger partial charge is 0.495 e. The van der Waals surface area contributed by atoms with E-state index in [0.717, 1.165) is 0 Å². The molecule has 1 aromatic carbocycles. The second-order valence-electron chi connectivity index (χ2n) is 4.62. The van der Waals surface area contributed by atoms with Crippen LogP contribution in [0.2, 0.25) is 0 Å². The number of hydrogen-bond acceptors (Lipinski definition) is 3. The lowest BCUT2D eigenvalue weighted by molar-refractivity contribution is -0.116. The van der Waals surface area contributed by atoms with Crippen molar-refractivity contribution in [2.24, 2.45) is 5.92 Å². The molecule has 4 heteroatoms. The van der Waals surface area contributed by atoms with E-state index >= 15 is 0 Å². The molecular weight excluding hydrogens is 230 g/mol. The summed E-state index contributed by atoms with van der Waals surface area (Å²) in [5, 5.41) is 2.77. The molecule has 1 aromatic rings. The van der Waals surface area contributed by atoms with Gasteiger partial charge in [-0.1, -0.05) is 13.8 Å². The average Bonchev–Trinajstić information content (AvgIpc) is 2.27. The number of ether oxygens (including phenoxy) is 1. The molecule has 0 unspecified atom stereocenters. The first-order valence-electron chi connectivity index (χ1n) is 5.93. The van der Waals surface area contributed by atoms with Crippen molar-refractivity contribution in [3.05, 3.63) is 23.8 Å². The van der Waals surface area contributed by atoms with Gasteiger partial charge >= 0.3 is 0 Å². The number of ketones is 1. The summed E-state index contributed by atoms with van der Waals surface area (Å²) in [7, 11) is 1.53. The fraction of sp³-hybridized carbons (Fsp3) is 0.429. The van der Waals surface area contributed by atoms with Crippen molar-refractivity contribution in [3.8, 4) is 5.75 Å². The van der Waals surface area contributed by atoms with E-state index < -0.39 is 0 Å². The highest BCUT2D eigenvalue weighted by Gasteiger charge is 2.11. The molecule has 18 heavy (non-hydrogen) atoms. The summed E-state index contributed by atoms with van der Waals surface area (Å²) in [6.45, 7) is 5.44. The van der Waals surface area contributed by atoms with Crippen LogP contribution in [0.4, 0.5) is 5.69 Å². The van der Waals surface area contributed by atoms with Crippen LogP contribution in [0.1, 0.15) is 37.6 Å². The van der Waals surface area contributed by atoms with Gasteiger partial charge in [-0.2, -0.15) is 0 Å². The fourth-order valence-corrected chi connectivity index (χ4v) is 1.60. The zero-order valence-electron chi connectivity index (χ0n) is 11.2. The number of hydrogen-bond donors (Lipinski definition) is 1. The molecule has 0 aromatic heterocycles. The smallest absolute Gasteiger partial charge is 0.224 e. The number of Topliss-reactive ketones (excluding diaryl/α,β-unsaturated/α-hetero) is 1. The minimum atomic E-state index is -0.0796. The topological polar surface area (TPSA) is 55.4 Å². The van der Waals surface area contributed by atoms with Gasteiger partial charge in [-0.25, -0.2) is 0 Å². The SMILES string of the molecule is COc1ccc(C(C)=O)cc1NC(=O)CC(C)C. The number of methoxy groups -OCH3 is 1. The molecule has 0 bridgehead atoms. The number of benzene rings is 1. The van der Waals surface area contributed by atoms with Crippen LogP contribution in [-0.4, -0.2) is 18.8 Å². The Kier molecular flexibility index (Phi) is 4.89. The van der Waals surface area contributed by atoms with Gasteiger partial charge in [-0.15, -0.1) is 0 Å². The van der Waals surface area contributed by atoms with Gasteiger partial charge in [0, 0.05) is 12.0 Å². The standard InChI is InChI=1S/C14H19NO3/c1-9(2)7-14(17)15-12-8-11(10(3)16)5-6-13(12)18-4/h5-6,8-9H,7H2,1-4H3,(H,15,17). The van der Waals surface area contributed by atoms with E-state index in [0.29, 0.717) is 23.4 Å². The summed E-state index contributed by atoms with van der Waals surface area (Å²) in [4.78, 5) is 23.0. The molecule has 0 aliphatic heterocycles. The first-order chi connectivity index (χ1) is 8.43. The van der Waals surface area contributed by atoms with Gasteiger partial charge < -0.3 is 10.1 Å². The molecule has 0 fully saturated rings. The van der Waals surface area contributed by atoms with Crippen LogP contribution in [0.3, 0.4) is 0 Å². The van der Waals surface area contributed by atoms with Gasteiger partial charge in [0.1, 0.15) is 5.75 Å². The maximum atomic E-state index is 11.7. The summed E-state index contributed by atoms with van der Waals surface area (Å²) in [6, 6.07) is 5.00. The maximum absolute atomic E-state index is 11.7. The van der Waals surface area contributed by atoms with E-state index in [9.17, 15) is 9.59 Å². The Morgan fingerprint density at radius 2 is 2.00 bits per heavy atom. The summed E-state index contributed by atoms with van der Waals surface area (Å²) < 4.78 is 5.16. The van der Waals surface area contributed by atoms with Gasteiger partial charge in [0.15, 0.2) is 5.78 Å². The van der Waals surface area contributed by atoms with Crippen molar-refractivity contribution in [1.82, 2.24) is 0 Å². The summed E-state index contributed by atoms with van der Waals surface area (Å²) in [6.07, 6.45) is 0.438. The second-order valence-corrected chi connectivity index (χ2v) is 4.62. The number of rotatable bonds is 5. The second kappa shape index (κ2) is 6.19. The van der Waals surface area contributed by atoms with Crippen LogP contribution in [0.25, 0.3) is 0 Å². The molecule has 1 N–H and O–H groups in total. The van der Waals surface area contributed by atoms with Crippen molar-refractivity contribution >= 4 is 17.4 Å². The van der Waals surface area contributed by atoms with Gasteiger partial charge in [-0.3, -0.25) is 9.59 Å². The molecule has 1 rings (SSSR count). The van der Waals surface area contributed by atoms with Crippen molar-refractivity contribution in [2.75, 3.05) is 12.4 Å². The average molecular weight is 249 g/mol. The number of carbonyl (C=O) groups excluding carboxylic acids is 2. The predicted octanol–water partition coefficient (Wildman–Crippen LogP) is 2.88. The molecule has 4 nitrogen and oxygen atoms in total. The lowest BCUT2D eigenvalue weighted by Crippen LogP contribution is -2.14. The highest BCUT2D eigenvalue weighted by Crippen LogP contribution is 2.26. The van der Waals surface area contributed by atoms with Crippen LogP contribution in [0, 0.1) is 5.92 Å². The van der Waals surface area contributed by atoms with E-state index in [1.54, 1.807) is 18.2 Å². The highest BCUT2D eigenvalue weighted by atomic mass is 16.5. The van der Waals surface area contributed by atoms with Crippen molar-refractivity contribution in [2.45, 2.75) is 27.2 Å². The Hall–Kier alpha value is -1.84. The van der Waals surface area contributed by atoms with E-state index in [-0.39, 0.29) is 17.6 Å². The van der Waals surface area contributed by atoms with Gasteiger partial charge in [0.25, 0.3) is 0 Å². The van der Waals surface area contributed by atoms with Crippen molar-refractivity contribution in [1.29, 1.82) is 0 Å². The van der Waals surface area contributed by atoms with Gasteiger partial charge in [-0.05, 0) is 31.0 Å². The molecule has 0 aliphatic rings. The summed E-state index contributed by atoms with van der Waals surface area (Å²) in [5.41, 5.74) is 1.09. The quantitative estimate of drug-likeness (QED) is 0.816. The third-order valence-electron chi connectivity index (χ3n) is 2.47. The van der Waals surface area contributed by atoms with E-state index in [4.69, 9.17) is 4.74 Å². The monoisotopic (exact) mass is 249 g/mol. The van der Waals surface area contributed by atoms with Crippen LogP contribution < -0.4 is 10.1 Å². The third-order valence-corrected chi connectivity index (χ3v) is 2.47. The third kappa shape index (κ3) is 3.87. The van der Waals surface area contributed by atoms with Crippen LogP contribution in [0.5, 0.6) is 5.75 Å². The van der Waals surface area contributed by atoms with E-state index in [1.165, 1.54) is 14.0 Å². The molecule has 0 spiro atoms. The zero-order chi connectivity index (χ0) is 13.7.